The van der Waals surface area contributed by atoms with Gasteiger partial charge in [0.05, 0.1) is 16.8 Å². The summed E-state index contributed by atoms with van der Waals surface area (Å²) in [4.78, 5) is 8.26. The Labute approximate surface area is 158 Å². The fourth-order valence-electron chi connectivity index (χ4n) is 3.17. The zero-order chi connectivity index (χ0) is 18.7. The van der Waals surface area contributed by atoms with Crippen molar-refractivity contribution in [2.75, 3.05) is 4.72 Å². The summed E-state index contributed by atoms with van der Waals surface area (Å²) >= 11 is 0. The molecule has 0 atom stereocenters. The van der Waals surface area contributed by atoms with Gasteiger partial charge in [-0.3, -0.25) is 9.71 Å². The second-order valence-electron chi connectivity index (χ2n) is 6.42. The Morgan fingerprint density at radius 3 is 2.63 bits per heavy atom. The minimum atomic E-state index is -3.67. The van der Waals surface area contributed by atoms with Crippen LogP contribution in [0.15, 0.2) is 66.0 Å². The van der Waals surface area contributed by atoms with Gasteiger partial charge >= 0.3 is 0 Å². The van der Waals surface area contributed by atoms with E-state index in [2.05, 4.69) is 14.7 Å². The molecule has 0 saturated carbocycles. The van der Waals surface area contributed by atoms with E-state index in [-0.39, 0.29) is 4.90 Å². The van der Waals surface area contributed by atoms with Crippen LogP contribution >= 0.6 is 0 Å². The Hall–Kier alpha value is -2.93. The highest BCUT2D eigenvalue weighted by atomic mass is 32.2. The molecule has 0 aliphatic heterocycles. The summed E-state index contributed by atoms with van der Waals surface area (Å²) in [6.07, 6.45) is 8.78. The molecule has 0 fully saturated rings. The van der Waals surface area contributed by atoms with Crippen LogP contribution in [0.3, 0.4) is 0 Å². The molecule has 1 aliphatic rings. The molecular formula is C20H19N3O3S. The number of aryl methyl sites for hydroxylation is 2. The summed E-state index contributed by atoms with van der Waals surface area (Å²) in [5.74, 6) is 0.813. The number of fused-ring (bicyclic) bond motifs is 1. The fraction of sp³-hybridized carbons (Fsp3) is 0.200. The number of anilines is 1. The van der Waals surface area contributed by atoms with Crippen LogP contribution < -0.4 is 9.46 Å². The van der Waals surface area contributed by atoms with Crippen molar-refractivity contribution in [3.63, 3.8) is 0 Å². The van der Waals surface area contributed by atoms with Gasteiger partial charge in [0.25, 0.3) is 10.0 Å². The molecule has 3 aromatic rings. The molecule has 0 unspecified atom stereocenters. The first-order valence-electron chi connectivity index (χ1n) is 8.79. The topological polar surface area (TPSA) is 81.2 Å². The lowest BCUT2D eigenvalue weighted by Gasteiger charge is -2.17. The fourth-order valence-corrected chi connectivity index (χ4v) is 4.27. The van der Waals surface area contributed by atoms with Crippen molar-refractivity contribution in [2.45, 2.75) is 30.6 Å². The van der Waals surface area contributed by atoms with Gasteiger partial charge in [0, 0.05) is 18.5 Å². The van der Waals surface area contributed by atoms with Crippen molar-refractivity contribution in [3.05, 3.63) is 72.2 Å². The van der Waals surface area contributed by atoms with E-state index in [0.717, 1.165) is 31.2 Å². The first-order valence-corrected chi connectivity index (χ1v) is 10.3. The van der Waals surface area contributed by atoms with Crippen LogP contribution in [0, 0.1) is 0 Å². The summed E-state index contributed by atoms with van der Waals surface area (Å²) < 4.78 is 33.8. The van der Waals surface area contributed by atoms with Crippen LogP contribution in [0.2, 0.25) is 0 Å². The smallest absolute Gasteiger partial charge is 0.261 e. The number of hydrogen-bond donors (Lipinski definition) is 1. The third-order valence-electron chi connectivity index (χ3n) is 4.48. The van der Waals surface area contributed by atoms with E-state index in [4.69, 9.17) is 4.74 Å². The first-order chi connectivity index (χ1) is 13.1. The van der Waals surface area contributed by atoms with Crippen molar-refractivity contribution in [1.82, 2.24) is 9.97 Å². The van der Waals surface area contributed by atoms with Crippen LogP contribution in [0.1, 0.15) is 24.0 Å². The number of benzene rings is 2. The minimum absolute atomic E-state index is 0.281. The molecular weight excluding hydrogens is 362 g/mol. The average Bonchev–Trinajstić information content (AvgIpc) is 2.68. The van der Waals surface area contributed by atoms with Gasteiger partial charge in [0.2, 0.25) is 5.88 Å². The first kappa shape index (κ1) is 17.5. The van der Waals surface area contributed by atoms with Gasteiger partial charge in [-0.1, -0.05) is 12.1 Å². The molecule has 0 amide bonds. The van der Waals surface area contributed by atoms with E-state index in [1.165, 1.54) is 18.0 Å². The molecule has 0 saturated heterocycles. The summed E-state index contributed by atoms with van der Waals surface area (Å²) in [5.41, 5.74) is 2.80. The van der Waals surface area contributed by atoms with E-state index in [1.807, 2.05) is 6.07 Å². The van der Waals surface area contributed by atoms with Gasteiger partial charge in [-0.15, -0.1) is 0 Å². The lowest BCUT2D eigenvalue weighted by molar-refractivity contribution is 0.460. The Kier molecular flexibility index (Phi) is 4.77. The third kappa shape index (κ3) is 4.09. The van der Waals surface area contributed by atoms with Crippen LogP contribution in [0.25, 0.3) is 0 Å². The molecule has 0 radical (unpaired) electrons. The molecule has 1 aliphatic carbocycles. The molecule has 1 heterocycles. The highest BCUT2D eigenvalue weighted by molar-refractivity contribution is 7.92. The van der Waals surface area contributed by atoms with E-state index in [9.17, 15) is 8.42 Å². The monoisotopic (exact) mass is 381 g/mol. The Morgan fingerprint density at radius 1 is 0.963 bits per heavy atom. The minimum Gasteiger partial charge on any atom is -0.437 e. The normalized spacial score (nSPS) is 13.6. The van der Waals surface area contributed by atoms with Crippen molar-refractivity contribution in [3.8, 4) is 11.6 Å². The average molecular weight is 381 g/mol. The second-order valence-corrected chi connectivity index (χ2v) is 8.10. The number of sulfonamides is 1. The van der Waals surface area contributed by atoms with E-state index in [1.54, 1.807) is 42.6 Å². The van der Waals surface area contributed by atoms with Gasteiger partial charge in [-0.05, 0) is 61.1 Å². The predicted molar refractivity (Wildman–Crippen MR) is 102 cm³/mol. The number of nitrogens with one attached hydrogen (secondary N) is 1. The van der Waals surface area contributed by atoms with Gasteiger partial charge < -0.3 is 4.74 Å². The SMILES string of the molecule is O=S(=O)(Nc1cccc(Oc2cnccn2)c1)c1ccc2c(c1)CCCC2. The molecule has 6 nitrogen and oxygen atoms in total. The summed E-state index contributed by atoms with van der Waals surface area (Å²) in [5, 5.41) is 0. The molecule has 0 bridgehead atoms. The van der Waals surface area contributed by atoms with E-state index >= 15 is 0 Å². The maximum Gasteiger partial charge on any atom is 0.261 e. The number of ether oxygens (including phenoxy) is 1. The van der Waals surface area contributed by atoms with E-state index < -0.39 is 10.0 Å². The number of nitrogens with zero attached hydrogens (tertiary/aromatic N) is 2. The number of rotatable bonds is 5. The van der Waals surface area contributed by atoms with Crippen molar-refractivity contribution >= 4 is 15.7 Å². The summed E-state index contributed by atoms with van der Waals surface area (Å²) in [6, 6.07) is 12.1. The zero-order valence-corrected chi connectivity index (χ0v) is 15.4. The second kappa shape index (κ2) is 7.36. The molecule has 2 aromatic carbocycles. The maximum absolute atomic E-state index is 12.8. The molecule has 7 heteroatoms. The van der Waals surface area contributed by atoms with Crippen molar-refractivity contribution in [1.29, 1.82) is 0 Å². The molecule has 27 heavy (non-hydrogen) atoms. The number of aromatic nitrogens is 2. The lowest BCUT2D eigenvalue weighted by atomic mass is 9.92. The van der Waals surface area contributed by atoms with Crippen molar-refractivity contribution < 1.29 is 13.2 Å². The summed E-state index contributed by atoms with van der Waals surface area (Å²) in [6.45, 7) is 0. The Bertz CT molecular complexity index is 1050. The lowest BCUT2D eigenvalue weighted by Crippen LogP contribution is -2.14. The summed E-state index contributed by atoms with van der Waals surface area (Å²) in [7, 11) is -3.67. The quantitative estimate of drug-likeness (QED) is 0.724. The highest BCUT2D eigenvalue weighted by Gasteiger charge is 2.18. The maximum atomic E-state index is 12.8. The van der Waals surface area contributed by atoms with Gasteiger partial charge in [0.1, 0.15) is 5.75 Å². The van der Waals surface area contributed by atoms with Gasteiger partial charge in [-0.2, -0.15) is 0 Å². The molecule has 0 spiro atoms. The zero-order valence-electron chi connectivity index (χ0n) is 14.6. The Balaban J connectivity index is 1.55. The molecule has 1 aromatic heterocycles. The predicted octanol–water partition coefficient (Wildman–Crippen LogP) is 3.95. The van der Waals surface area contributed by atoms with Crippen LogP contribution in [0.5, 0.6) is 11.6 Å². The number of hydrogen-bond acceptors (Lipinski definition) is 5. The van der Waals surface area contributed by atoms with Crippen molar-refractivity contribution in [2.24, 2.45) is 0 Å². The van der Waals surface area contributed by atoms with Crippen LogP contribution in [0.4, 0.5) is 5.69 Å². The third-order valence-corrected chi connectivity index (χ3v) is 5.86. The van der Waals surface area contributed by atoms with E-state index in [0.29, 0.717) is 17.3 Å². The van der Waals surface area contributed by atoms with Gasteiger partial charge in [-0.25, -0.2) is 13.4 Å². The van der Waals surface area contributed by atoms with Crippen LogP contribution in [-0.2, 0) is 22.9 Å². The molecule has 138 valence electrons. The Morgan fingerprint density at radius 2 is 1.81 bits per heavy atom. The standard InChI is InChI=1S/C20H19N3O3S/c24-27(25,19-9-8-15-4-1-2-5-16(15)12-19)23-17-6-3-7-18(13-17)26-20-14-21-10-11-22-20/h3,6-14,23H,1-2,4-5H2. The largest absolute Gasteiger partial charge is 0.437 e. The molecule has 4 rings (SSSR count). The van der Waals surface area contributed by atoms with Gasteiger partial charge in [0.15, 0.2) is 0 Å². The molecule has 1 N–H and O–H groups in total. The van der Waals surface area contributed by atoms with Crippen LogP contribution in [-0.4, -0.2) is 18.4 Å². The highest BCUT2D eigenvalue weighted by Crippen LogP contribution is 2.27.